The minimum Gasteiger partial charge on any atom is -0.468 e. The molecule has 1 N–H and O–H groups in total. The van der Waals surface area contributed by atoms with E-state index >= 15 is 0 Å². The predicted octanol–water partition coefficient (Wildman–Crippen LogP) is 1.37. The molecule has 0 saturated carbocycles. The van der Waals surface area contributed by atoms with Crippen LogP contribution in [0, 0.1) is 0 Å². The molecule has 5 heteroatoms. The van der Waals surface area contributed by atoms with Crippen molar-refractivity contribution in [2.75, 3.05) is 7.05 Å². The Balaban J connectivity index is 1.96. The van der Waals surface area contributed by atoms with Crippen molar-refractivity contribution < 1.29 is 9.15 Å². The molecule has 0 aromatic carbocycles. The van der Waals surface area contributed by atoms with Crippen LogP contribution < -0.4 is 10.1 Å². The number of furan rings is 1. The van der Waals surface area contributed by atoms with Crippen molar-refractivity contribution in [3.05, 3.63) is 42.2 Å². The second-order valence-electron chi connectivity index (χ2n) is 3.25. The van der Waals surface area contributed by atoms with Crippen molar-refractivity contribution >= 4 is 0 Å². The summed E-state index contributed by atoms with van der Waals surface area (Å²) in [4.78, 5) is 8.32. The summed E-state index contributed by atoms with van der Waals surface area (Å²) in [7, 11) is 1.86. The lowest BCUT2D eigenvalue weighted by molar-refractivity contribution is 0.258. The molecule has 2 heterocycles. The van der Waals surface area contributed by atoms with Crippen LogP contribution in [0.1, 0.15) is 11.5 Å². The fraction of sp³-hybridized carbons (Fsp3) is 0.273. The average Bonchev–Trinajstić information content (AvgIpc) is 2.80. The summed E-state index contributed by atoms with van der Waals surface area (Å²) in [5, 5.41) is 3.00. The molecule has 0 aliphatic heterocycles. The number of hydrogen-bond acceptors (Lipinski definition) is 5. The molecule has 84 valence electrons. The van der Waals surface area contributed by atoms with E-state index in [1.165, 1.54) is 0 Å². The van der Waals surface area contributed by atoms with Gasteiger partial charge in [-0.1, -0.05) is 0 Å². The van der Waals surface area contributed by atoms with Gasteiger partial charge >= 0.3 is 0 Å². The van der Waals surface area contributed by atoms with Crippen LogP contribution in [0.2, 0.25) is 0 Å². The summed E-state index contributed by atoms with van der Waals surface area (Å²) in [6.07, 6.45) is 4.90. The highest BCUT2D eigenvalue weighted by atomic mass is 16.5. The van der Waals surface area contributed by atoms with E-state index in [2.05, 4.69) is 15.3 Å². The van der Waals surface area contributed by atoms with Gasteiger partial charge in [0.2, 0.25) is 5.88 Å². The maximum atomic E-state index is 5.44. The van der Waals surface area contributed by atoms with Gasteiger partial charge in [0.1, 0.15) is 12.4 Å². The SMILES string of the molecule is CNCc1cncc(OCc2ccco2)n1. The Kier molecular flexibility index (Phi) is 3.50. The van der Waals surface area contributed by atoms with Crippen LogP contribution in [0.5, 0.6) is 5.88 Å². The minimum atomic E-state index is 0.366. The van der Waals surface area contributed by atoms with Crippen LogP contribution in [0.15, 0.2) is 35.2 Å². The van der Waals surface area contributed by atoms with E-state index in [1.807, 2.05) is 19.2 Å². The van der Waals surface area contributed by atoms with Gasteiger partial charge in [-0.05, 0) is 19.2 Å². The Morgan fingerprint density at radius 1 is 1.44 bits per heavy atom. The van der Waals surface area contributed by atoms with Crippen molar-refractivity contribution in [1.82, 2.24) is 15.3 Å². The first-order valence-electron chi connectivity index (χ1n) is 4.99. The molecule has 0 bridgehead atoms. The van der Waals surface area contributed by atoms with E-state index in [4.69, 9.17) is 9.15 Å². The lowest BCUT2D eigenvalue weighted by Crippen LogP contribution is -2.08. The molecule has 2 aromatic rings. The Morgan fingerprint density at radius 3 is 3.12 bits per heavy atom. The number of nitrogens with one attached hydrogen (secondary N) is 1. The molecule has 0 atom stereocenters. The second kappa shape index (κ2) is 5.27. The monoisotopic (exact) mass is 219 g/mol. The molecule has 0 fully saturated rings. The molecule has 16 heavy (non-hydrogen) atoms. The molecule has 5 nitrogen and oxygen atoms in total. The van der Waals surface area contributed by atoms with E-state index in [0.29, 0.717) is 19.0 Å². The molecular formula is C11H13N3O2. The Hall–Kier alpha value is -1.88. The Bertz CT molecular complexity index is 429. The van der Waals surface area contributed by atoms with Gasteiger partial charge < -0.3 is 14.5 Å². The van der Waals surface area contributed by atoms with Crippen LogP contribution in [0.25, 0.3) is 0 Å². The maximum Gasteiger partial charge on any atom is 0.233 e. The van der Waals surface area contributed by atoms with Gasteiger partial charge in [0, 0.05) is 12.7 Å². The van der Waals surface area contributed by atoms with Crippen LogP contribution in [-0.2, 0) is 13.2 Å². The highest BCUT2D eigenvalue weighted by molar-refractivity contribution is 5.09. The van der Waals surface area contributed by atoms with E-state index in [-0.39, 0.29) is 0 Å². The van der Waals surface area contributed by atoms with Crippen LogP contribution >= 0.6 is 0 Å². The Labute approximate surface area is 93.5 Å². The largest absolute Gasteiger partial charge is 0.468 e. The summed E-state index contributed by atoms with van der Waals surface area (Å²) in [6.45, 7) is 1.04. The van der Waals surface area contributed by atoms with Gasteiger partial charge in [-0.15, -0.1) is 0 Å². The summed E-state index contributed by atoms with van der Waals surface area (Å²) in [5.74, 6) is 1.27. The zero-order chi connectivity index (χ0) is 11.2. The third kappa shape index (κ3) is 2.80. The quantitative estimate of drug-likeness (QED) is 0.822. The van der Waals surface area contributed by atoms with Gasteiger partial charge in [-0.25, -0.2) is 4.98 Å². The summed E-state index contributed by atoms with van der Waals surface area (Å²) in [6, 6.07) is 3.67. The summed E-state index contributed by atoms with van der Waals surface area (Å²) >= 11 is 0. The van der Waals surface area contributed by atoms with Gasteiger partial charge in [0.25, 0.3) is 0 Å². The van der Waals surface area contributed by atoms with Gasteiger partial charge in [0.05, 0.1) is 18.2 Å². The standard InChI is InChI=1S/C11H13N3O2/c1-12-5-9-6-13-7-11(14-9)16-8-10-3-2-4-15-10/h2-4,6-7,12H,5,8H2,1H3. The van der Waals surface area contributed by atoms with Crippen molar-refractivity contribution in [2.45, 2.75) is 13.2 Å². The minimum absolute atomic E-state index is 0.366. The van der Waals surface area contributed by atoms with Gasteiger partial charge in [0.15, 0.2) is 0 Å². The van der Waals surface area contributed by atoms with E-state index in [9.17, 15) is 0 Å². The molecule has 0 amide bonds. The zero-order valence-corrected chi connectivity index (χ0v) is 9.01. The first-order valence-corrected chi connectivity index (χ1v) is 4.99. The summed E-state index contributed by atoms with van der Waals surface area (Å²) in [5.41, 5.74) is 0.847. The molecule has 0 saturated heterocycles. The van der Waals surface area contributed by atoms with E-state index in [0.717, 1.165) is 11.5 Å². The third-order valence-corrected chi connectivity index (χ3v) is 1.96. The van der Waals surface area contributed by atoms with Crippen molar-refractivity contribution in [3.63, 3.8) is 0 Å². The van der Waals surface area contributed by atoms with Crippen molar-refractivity contribution in [3.8, 4) is 5.88 Å². The number of hydrogen-bond donors (Lipinski definition) is 1. The van der Waals surface area contributed by atoms with E-state index < -0.39 is 0 Å². The number of nitrogens with zero attached hydrogens (tertiary/aromatic N) is 2. The molecule has 0 aliphatic carbocycles. The lowest BCUT2D eigenvalue weighted by Gasteiger charge is -2.04. The molecule has 0 spiro atoms. The third-order valence-electron chi connectivity index (χ3n) is 1.96. The molecule has 2 aromatic heterocycles. The smallest absolute Gasteiger partial charge is 0.233 e. The second-order valence-corrected chi connectivity index (χ2v) is 3.25. The fourth-order valence-electron chi connectivity index (χ4n) is 1.26. The van der Waals surface area contributed by atoms with Crippen LogP contribution in [0.3, 0.4) is 0 Å². The topological polar surface area (TPSA) is 60.2 Å². The maximum absolute atomic E-state index is 5.44. The molecule has 0 radical (unpaired) electrons. The average molecular weight is 219 g/mol. The molecule has 0 unspecified atom stereocenters. The predicted molar refractivity (Wildman–Crippen MR) is 57.8 cm³/mol. The van der Waals surface area contributed by atoms with Gasteiger partial charge in [-0.2, -0.15) is 0 Å². The highest BCUT2D eigenvalue weighted by Gasteiger charge is 2.01. The molecule has 2 rings (SSSR count). The first-order chi connectivity index (χ1) is 7.88. The number of ether oxygens (including phenoxy) is 1. The Morgan fingerprint density at radius 2 is 2.38 bits per heavy atom. The number of rotatable bonds is 5. The zero-order valence-electron chi connectivity index (χ0n) is 9.01. The van der Waals surface area contributed by atoms with Crippen LogP contribution in [0.4, 0.5) is 0 Å². The highest BCUT2D eigenvalue weighted by Crippen LogP contribution is 2.09. The summed E-state index contributed by atoms with van der Waals surface area (Å²) < 4.78 is 10.6. The van der Waals surface area contributed by atoms with Crippen molar-refractivity contribution in [2.24, 2.45) is 0 Å². The van der Waals surface area contributed by atoms with E-state index in [1.54, 1.807) is 18.7 Å². The lowest BCUT2D eigenvalue weighted by atomic mass is 10.4. The molecule has 0 aliphatic rings. The fourth-order valence-corrected chi connectivity index (χ4v) is 1.26. The normalized spacial score (nSPS) is 10.3. The first kappa shape index (κ1) is 10.6. The van der Waals surface area contributed by atoms with Crippen molar-refractivity contribution in [1.29, 1.82) is 0 Å². The van der Waals surface area contributed by atoms with Crippen LogP contribution in [-0.4, -0.2) is 17.0 Å². The molecular weight excluding hydrogens is 206 g/mol. The number of aromatic nitrogens is 2. The van der Waals surface area contributed by atoms with Gasteiger partial charge in [-0.3, -0.25) is 4.98 Å².